The fourth-order valence-electron chi connectivity index (χ4n) is 7.26. The van der Waals surface area contributed by atoms with Gasteiger partial charge in [0.25, 0.3) is 5.67 Å². The maximum atomic E-state index is 16.2. The molecule has 4 fully saturated rings. The van der Waals surface area contributed by atoms with E-state index in [4.69, 9.17) is 0 Å². The van der Waals surface area contributed by atoms with Crippen molar-refractivity contribution in [2.24, 2.45) is 10.8 Å². The molecule has 4 aliphatic rings. The van der Waals surface area contributed by atoms with Crippen LogP contribution in [0.3, 0.4) is 0 Å². The number of alkyl halides is 26. The second-order valence-corrected chi connectivity index (χ2v) is 10.2. The first-order chi connectivity index (χ1) is 18.2. The summed E-state index contributed by atoms with van der Waals surface area (Å²) in [6, 6.07) is 0. The third kappa shape index (κ3) is 2.12. The second kappa shape index (κ2) is 6.81. The lowest BCUT2D eigenvalue weighted by atomic mass is 9.16. The summed E-state index contributed by atoms with van der Waals surface area (Å²) in [6.45, 7) is 0. The van der Waals surface area contributed by atoms with E-state index in [0.717, 1.165) is 0 Å². The van der Waals surface area contributed by atoms with E-state index in [0.29, 0.717) is 0 Å². The molecule has 0 aromatic rings. The molecule has 0 spiro atoms. The highest BCUT2D eigenvalue weighted by Crippen LogP contribution is 3.02. The van der Waals surface area contributed by atoms with Crippen LogP contribution < -0.4 is 0 Å². The van der Waals surface area contributed by atoms with Gasteiger partial charge in [0.15, 0.2) is 0 Å². The van der Waals surface area contributed by atoms with Crippen LogP contribution in [0.25, 0.3) is 0 Å². The quantitative estimate of drug-likeness (QED) is 0.241. The van der Waals surface area contributed by atoms with Crippen LogP contribution in [0.2, 0.25) is 0 Å². The molecule has 0 heterocycles. The minimum Gasteiger partial charge on any atom is -0.235 e. The van der Waals surface area contributed by atoms with Crippen LogP contribution in [0.15, 0.2) is 0 Å². The van der Waals surface area contributed by atoms with E-state index in [1.165, 1.54) is 0 Å². The number of halogens is 26. The third-order valence-corrected chi connectivity index (χ3v) is 8.77. The molecule has 0 radical (unpaired) electrons. The van der Waals surface area contributed by atoms with Gasteiger partial charge in [-0.1, -0.05) is 0 Å². The van der Waals surface area contributed by atoms with E-state index in [9.17, 15) is 96.6 Å². The first-order valence-electron chi connectivity index (χ1n) is 10.1. The normalized spacial score (nSPS) is 49.0. The molecule has 0 aliphatic heterocycles. The summed E-state index contributed by atoms with van der Waals surface area (Å²) in [5, 5.41) is 0. The molecule has 0 bridgehead atoms. The van der Waals surface area contributed by atoms with E-state index in [2.05, 4.69) is 0 Å². The lowest BCUT2D eigenvalue weighted by Crippen LogP contribution is -3.16. The zero-order valence-corrected chi connectivity index (χ0v) is 18.5. The summed E-state index contributed by atoms with van der Waals surface area (Å²) < 4.78 is 376. The van der Waals surface area contributed by atoms with Crippen molar-refractivity contribution < 1.29 is 114 Å². The molecule has 0 N–H and O–H groups in total. The standard InChI is InChI=1S/C17H2F26/c18-3(19,20)1-2-5(21)4(17(41,42)43,9(25,26)10(5,27)28)6(2,22)11(29,30)13(33,34)8(24)7(2,23)12(31,32)15(37,38)16(39,40)14(8,35)36/h1H2/t2-,4-,5-,6+,7+,8-/m1/s1. The van der Waals surface area contributed by atoms with Crippen molar-refractivity contribution in [2.75, 3.05) is 0 Å². The molecule has 0 unspecified atom stereocenters. The molecule has 4 aliphatic carbocycles. The average Bonchev–Trinajstić information content (AvgIpc) is 2.76. The minimum atomic E-state index is -9.46. The van der Waals surface area contributed by atoms with E-state index in [1.807, 2.05) is 0 Å². The molecule has 26 heteroatoms. The van der Waals surface area contributed by atoms with Crippen LogP contribution in [0.5, 0.6) is 0 Å². The Labute approximate surface area is 215 Å². The average molecular weight is 700 g/mol. The summed E-state index contributed by atoms with van der Waals surface area (Å²) in [5.74, 6) is -71.2. The number of rotatable bonds is 1. The Hall–Kier alpha value is -1.82. The van der Waals surface area contributed by atoms with Crippen LogP contribution in [0, 0.1) is 10.8 Å². The Morgan fingerprint density at radius 3 is 0.860 bits per heavy atom. The maximum absolute atomic E-state index is 16.2. The zero-order valence-electron chi connectivity index (χ0n) is 18.5. The highest BCUT2D eigenvalue weighted by molar-refractivity contribution is 5.62. The monoisotopic (exact) mass is 700 g/mol. The molecule has 43 heavy (non-hydrogen) atoms. The SMILES string of the molecule is FC(F)(F)C[C@]12[C@@]3(F)C(F)(F)C(F)(F)C(F)(F)C(F)(F)[C@]3(F)C(F)(F)C(F)(F)[C@@]1(F)[C@@]1(C(F)(F)F)C(F)(F)C(F)(F)[C@]12F. The Balaban J connectivity index is 2.48. The van der Waals surface area contributed by atoms with E-state index >= 15 is 17.6 Å². The van der Waals surface area contributed by atoms with Crippen LogP contribution in [0.1, 0.15) is 6.42 Å². The van der Waals surface area contributed by atoms with Crippen molar-refractivity contribution in [1.82, 2.24) is 0 Å². The van der Waals surface area contributed by atoms with Gasteiger partial charge in [-0.25, -0.2) is 17.6 Å². The molecule has 252 valence electrons. The van der Waals surface area contributed by atoms with Gasteiger partial charge in [0.05, 0.1) is 6.42 Å². The predicted octanol–water partition coefficient (Wildman–Crippen LogP) is 8.44. The maximum Gasteiger partial charge on any atom is 0.407 e. The van der Waals surface area contributed by atoms with Crippen LogP contribution >= 0.6 is 0 Å². The molecule has 4 rings (SSSR count). The third-order valence-electron chi connectivity index (χ3n) is 8.77. The molecular formula is C17H2F26. The summed E-state index contributed by atoms with van der Waals surface area (Å²) in [4.78, 5) is 0. The van der Waals surface area contributed by atoms with Crippen molar-refractivity contribution in [3.8, 4) is 0 Å². The van der Waals surface area contributed by atoms with Gasteiger partial charge in [0, 0.05) is 0 Å². The van der Waals surface area contributed by atoms with Crippen molar-refractivity contribution in [3.05, 3.63) is 0 Å². The first-order valence-corrected chi connectivity index (χ1v) is 10.1. The molecule has 0 aromatic carbocycles. The highest BCUT2D eigenvalue weighted by Gasteiger charge is 3.30. The van der Waals surface area contributed by atoms with Crippen molar-refractivity contribution in [3.63, 3.8) is 0 Å². The topological polar surface area (TPSA) is 0 Å². The largest absolute Gasteiger partial charge is 0.407 e. The lowest BCUT2D eigenvalue weighted by Gasteiger charge is -2.87. The minimum absolute atomic E-state index is 5.61. The number of hydrogen-bond acceptors (Lipinski definition) is 0. The fourth-order valence-corrected chi connectivity index (χ4v) is 7.26. The number of hydrogen-bond donors (Lipinski definition) is 0. The molecule has 6 atom stereocenters. The van der Waals surface area contributed by atoms with Gasteiger partial charge in [-0.15, -0.1) is 0 Å². The fraction of sp³-hybridized carbons (Fsp3) is 1.00. The van der Waals surface area contributed by atoms with E-state index in [1.54, 1.807) is 0 Å². The molecular weight excluding hydrogens is 698 g/mol. The van der Waals surface area contributed by atoms with E-state index in [-0.39, 0.29) is 0 Å². The Morgan fingerprint density at radius 2 is 0.558 bits per heavy atom. The zero-order chi connectivity index (χ0) is 34.7. The van der Waals surface area contributed by atoms with Gasteiger partial charge in [0.2, 0.25) is 22.4 Å². The first kappa shape index (κ1) is 34.1. The van der Waals surface area contributed by atoms with Crippen molar-refractivity contribution in [1.29, 1.82) is 0 Å². The van der Waals surface area contributed by atoms with Crippen LogP contribution in [-0.2, 0) is 0 Å². The van der Waals surface area contributed by atoms with Gasteiger partial charge in [-0.05, 0) is 0 Å². The Kier molecular flexibility index (Phi) is 5.39. The van der Waals surface area contributed by atoms with Crippen LogP contribution in [0.4, 0.5) is 114 Å². The van der Waals surface area contributed by atoms with E-state index < -0.39 is 99.7 Å². The number of fused-ring (bicyclic) bond motifs is 6. The van der Waals surface area contributed by atoms with Gasteiger partial charge >= 0.3 is 59.7 Å². The Morgan fingerprint density at radius 1 is 0.302 bits per heavy atom. The van der Waals surface area contributed by atoms with Gasteiger partial charge in [-0.2, -0.15) is 96.6 Å². The molecule has 0 nitrogen and oxygen atoms in total. The van der Waals surface area contributed by atoms with Crippen molar-refractivity contribution >= 4 is 0 Å². The predicted molar refractivity (Wildman–Crippen MR) is 76.5 cm³/mol. The summed E-state index contributed by atoms with van der Waals surface area (Å²) in [5.41, 5.74) is -53.4. The Bertz CT molecular complexity index is 1270. The van der Waals surface area contributed by atoms with Gasteiger partial charge in [0.1, 0.15) is 5.41 Å². The summed E-state index contributed by atoms with van der Waals surface area (Å²) in [6.07, 6.45) is -21.9. The molecule has 0 amide bonds. The molecule has 4 saturated carbocycles. The highest BCUT2D eigenvalue weighted by atomic mass is 19.4. The second-order valence-electron chi connectivity index (χ2n) is 10.2. The van der Waals surface area contributed by atoms with Crippen LogP contribution in [-0.4, -0.2) is 82.4 Å². The smallest absolute Gasteiger partial charge is 0.235 e. The molecule has 0 aromatic heterocycles. The lowest BCUT2D eigenvalue weighted by molar-refractivity contribution is -0.678. The summed E-state index contributed by atoms with van der Waals surface area (Å²) in [7, 11) is 0. The van der Waals surface area contributed by atoms with Gasteiger partial charge in [-0.3, -0.25) is 0 Å². The molecule has 0 saturated heterocycles. The van der Waals surface area contributed by atoms with Gasteiger partial charge < -0.3 is 0 Å². The summed E-state index contributed by atoms with van der Waals surface area (Å²) >= 11 is 0. The van der Waals surface area contributed by atoms with Crippen molar-refractivity contribution in [2.45, 2.75) is 88.8 Å².